The van der Waals surface area contributed by atoms with Gasteiger partial charge in [0.2, 0.25) is 5.91 Å². The maximum Gasteiger partial charge on any atom is 0.241 e. The number of ether oxygens (including phenoxy) is 1. The molecule has 0 aromatic carbocycles. The van der Waals surface area contributed by atoms with E-state index in [9.17, 15) is 4.79 Å². The fourth-order valence-electron chi connectivity index (χ4n) is 2.03. The van der Waals surface area contributed by atoms with E-state index in [1.807, 2.05) is 4.90 Å². The second kappa shape index (κ2) is 6.86. The number of rotatable bonds is 7. The molecule has 1 fully saturated rings. The third-order valence-corrected chi connectivity index (χ3v) is 3.21. The summed E-state index contributed by atoms with van der Waals surface area (Å²) in [6, 6.07) is 0.316. The summed E-state index contributed by atoms with van der Waals surface area (Å²) in [6.45, 7) is 5.64. The van der Waals surface area contributed by atoms with Gasteiger partial charge in [-0.3, -0.25) is 10.1 Å². The zero-order valence-corrected chi connectivity index (χ0v) is 10.7. The predicted molar refractivity (Wildman–Crippen MR) is 64.1 cm³/mol. The highest BCUT2D eigenvalue weighted by Gasteiger charge is 2.32. The fourth-order valence-corrected chi connectivity index (χ4v) is 2.03. The molecule has 0 aromatic heterocycles. The van der Waals surface area contributed by atoms with Crippen molar-refractivity contribution in [3.8, 4) is 0 Å². The number of carbonyl (C=O) groups is 1. The van der Waals surface area contributed by atoms with Crippen molar-refractivity contribution in [3.05, 3.63) is 0 Å². The average molecular weight is 228 g/mol. The van der Waals surface area contributed by atoms with Crippen molar-refractivity contribution in [2.45, 2.75) is 51.6 Å². The summed E-state index contributed by atoms with van der Waals surface area (Å²) in [7, 11) is 1.70. The van der Waals surface area contributed by atoms with Crippen LogP contribution in [0.25, 0.3) is 0 Å². The van der Waals surface area contributed by atoms with E-state index >= 15 is 0 Å². The Bertz CT molecular complexity index is 221. The van der Waals surface area contributed by atoms with Crippen LogP contribution in [0.3, 0.4) is 0 Å². The van der Waals surface area contributed by atoms with E-state index < -0.39 is 0 Å². The first-order valence-electron chi connectivity index (χ1n) is 6.23. The van der Waals surface area contributed by atoms with Gasteiger partial charge in [-0.25, -0.2) is 0 Å². The first-order valence-corrected chi connectivity index (χ1v) is 6.23. The molecule has 4 heteroatoms. The zero-order valence-electron chi connectivity index (χ0n) is 10.7. The monoisotopic (exact) mass is 228 g/mol. The SMILES string of the molecule is CCCCC1NCN(C(C)CCOC)C1=O. The number of hydrogen-bond acceptors (Lipinski definition) is 3. The Morgan fingerprint density at radius 1 is 1.62 bits per heavy atom. The molecule has 94 valence electrons. The Hall–Kier alpha value is -0.610. The minimum absolute atomic E-state index is 0.0462. The van der Waals surface area contributed by atoms with Gasteiger partial charge in [0.25, 0.3) is 0 Å². The number of nitrogens with zero attached hydrogens (tertiary/aromatic N) is 1. The van der Waals surface area contributed by atoms with E-state index in [-0.39, 0.29) is 18.0 Å². The Morgan fingerprint density at radius 3 is 3.00 bits per heavy atom. The third kappa shape index (κ3) is 3.46. The van der Waals surface area contributed by atoms with Gasteiger partial charge in [0.1, 0.15) is 0 Å². The van der Waals surface area contributed by atoms with Gasteiger partial charge in [-0.05, 0) is 19.8 Å². The second-order valence-corrected chi connectivity index (χ2v) is 4.50. The zero-order chi connectivity index (χ0) is 12.0. The summed E-state index contributed by atoms with van der Waals surface area (Å²) in [5, 5.41) is 3.28. The van der Waals surface area contributed by atoms with E-state index in [1.165, 1.54) is 0 Å². The average Bonchev–Trinajstić information content (AvgIpc) is 2.65. The van der Waals surface area contributed by atoms with Gasteiger partial charge in [-0.1, -0.05) is 19.8 Å². The number of methoxy groups -OCH3 is 1. The van der Waals surface area contributed by atoms with Gasteiger partial charge in [0, 0.05) is 19.8 Å². The van der Waals surface area contributed by atoms with Crippen LogP contribution in [0.5, 0.6) is 0 Å². The third-order valence-electron chi connectivity index (χ3n) is 3.21. The highest BCUT2D eigenvalue weighted by Crippen LogP contribution is 2.14. The van der Waals surface area contributed by atoms with Gasteiger partial charge in [0.15, 0.2) is 0 Å². The summed E-state index contributed by atoms with van der Waals surface area (Å²) < 4.78 is 5.04. The quantitative estimate of drug-likeness (QED) is 0.715. The van der Waals surface area contributed by atoms with E-state index in [0.29, 0.717) is 13.3 Å². The molecule has 0 aromatic rings. The Kier molecular flexibility index (Phi) is 5.77. The molecule has 2 atom stereocenters. The molecule has 1 aliphatic rings. The Morgan fingerprint density at radius 2 is 2.38 bits per heavy atom. The molecule has 0 radical (unpaired) electrons. The lowest BCUT2D eigenvalue weighted by molar-refractivity contribution is -0.130. The van der Waals surface area contributed by atoms with E-state index in [1.54, 1.807) is 7.11 Å². The number of carbonyl (C=O) groups excluding carboxylic acids is 1. The topological polar surface area (TPSA) is 41.6 Å². The van der Waals surface area contributed by atoms with Crippen LogP contribution in [0.15, 0.2) is 0 Å². The van der Waals surface area contributed by atoms with Crippen molar-refractivity contribution in [1.82, 2.24) is 10.2 Å². The van der Waals surface area contributed by atoms with Crippen LogP contribution < -0.4 is 5.32 Å². The van der Waals surface area contributed by atoms with Crippen molar-refractivity contribution < 1.29 is 9.53 Å². The molecule has 0 bridgehead atoms. The molecule has 1 N–H and O–H groups in total. The number of hydrogen-bond donors (Lipinski definition) is 1. The second-order valence-electron chi connectivity index (χ2n) is 4.50. The van der Waals surface area contributed by atoms with Crippen LogP contribution >= 0.6 is 0 Å². The highest BCUT2D eigenvalue weighted by atomic mass is 16.5. The van der Waals surface area contributed by atoms with Gasteiger partial charge >= 0.3 is 0 Å². The predicted octanol–water partition coefficient (Wildman–Crippen LogP) is 1.36. The lowest BCUT2D eigenvalue weighted by Crippen LogP contribution is -2.37. The van der Waals surface area contributed by atoms with Crippen LogP contribution in [-0.4, -0.2) is 43.3 Å². The summed E-state index contributed by atoms with van der Waals surface area (Å²) in [4.78, 5) is 14.0. The van der Waals surface area contributed by atoms with E-state index in [0.717, 1.165) is 25.7 Å². The molecule has 4 nitrogen and oxygen atoms in total. The fraction of sp³-hybridized carbons (Fsp3) is 0.917. The number of nitrogens with one attached hydrogen (secondary N) is 1. The Labute approximate surface area is 98.3 Å². The number of unbranched alkanes of at least 4 members (excludes halogenated alkanes) is 1. The molecule has 16 heavy (non-hydrogen) atoms. The molecule has 1 saturated heterocycles. The molecule has 0 saturated carbocycles. The van der Waals surface area contributed by atoms with Gasteiger partial charge < -0.3 is 9.64 Å². The molecule has 1 aliphatic heterocycles. The van der Waals surface area contributed by atoms with Crippen molar-refractivity contribution in [2.75, 3.05) is 20.4 Å². The van der Waals surface area contributed by atoms with Crippen LogP contribution in [0.2, 0.25) is 0 Å². The van der Waals surface area contributed by atoms with Crippen molar-refractivity contribution in [2.24, 2.45) is 0 Å². The van der Waals surface area contributed by atoms with Crippen LogP contribution in [-0.2, 0) is 9.53 Å². The first kappa shape index (κ1) is 13.5. The molecule has 0 aliphatic carbocycles. The van der Waals surface area contributed by atoms with E-state index in [4.69, 9.17) is 4.74 Å². The first-order chi connectivity index (χ1) is 7.70. The van der Waals surface area contributed by atoms with E-state index in [2.05, 4.69) is 19.2 Å². The maximum absolute atomic E-state index is 12.0. The molecule has 1 heterocycles. The number of amides is 1. The molecular formula is C12H24N2O2. The van der Waals surface area contributed by atoms with Gasteiger partial charge in [-0.15, -0.1) is 0 Å². The van der Waals surface area contributed by atoms with Crippen molar-refractivity contribution in [3.63, 3.8) is 0 Å². The van der Waals surface area contributed by atoms with Gasteiger partial charge in [-0.2, -0.15) is 0 Å². The van der Waals surface area contributed by atoms with Crippen molar-refractivity contribution >= 4 is 5.91 Å². The van der Waals surface area contributed by atoms with Crippen LogP contribution in [0.1, 0.15) is 39.5 Å². The summed E-state index contributed by atoms with van der Waals surface area (Å²) in [6.07, 6.45) is 4.13. The van der Waals surface area contributed by atoms with Crippen LogP contribution in [0, 0.1) is 0 Å². The molecule has 0 spiro atoms. The lowest BCUT2D eigenvalue weighted by atomic mass is 10.1. The molecule has 1 rings (SSSR count). The normalized spacial score (nSPS) is 22.8. The Balaban J connectivity index is 2.37. The smallest absolute Gasteiger partial charge is 0.241 e. The molecule has 2 unspecified atom stereocenters. The maximum atomic E-state index is 12.0. The standard InChI is InChI=1S/C12H24N2O2/c1-4-5-6-11-12(15)14(9-13-11)10(2)7-8-16-3/h10-11,13H,4-9H2,1-3H3. The summed E-state index contributed by atoms with van der Waals surface area (Å²) in [5.41, 5.74) is 0. The van der Waals surface area contributed by atoms with Crippen LogP contribution in [0.4, 0.5) is 0 Å². The minimum Gasteiger partial charge on any atom is -0.385 e. The molecule has 1 amide bonds. The lowest BCUT2D eigenvalue weighted by Gasteiger charge is -2.23. The minimum atomic E-state index is 0.0462. The molecular weight excluding hydrogens is 204 g/mol. The summed E-state index contributed by atoms with van der Waals surface area (Å²) >= 11 is 0. The largest absolute Gasteiger partial charge is 0.385 e. The van der Waals surface area contributed by atoms with Crippen molar-refractivity contribution in [1.29, 1.82) is 0 Å². The van der Waals surface area contributed by atoms with Gasteiger partial charge in [0.05, 0.1) is 12.7 Å². The highest BCUT2D eigenvalue weighted by molar-refractivity contribution is 5.83. The summed E-state index contributed by atoms with van der Waals surface area (Å²) in [5.74, 6) is 0.261.